The lowest BCUT2D eigenvalue weighted by atomic mass is 9.93. The summed E-state index contributed by atoms with van der Waals surface area (Å²) < 4.78 is 26.8. The van der Waals surface area contributed by atoms with Gasteiger partial charge in [-0.05, 0) is 36.8 Å². The molecule has 2 aromatic rings. The molecule has 0 saturated heterocycles. The van der Waals surface area contributed by atoms with Gasteiger partial charge in [-0.3, -0.25) is 0 Å². The van der Waals surface area contributed by atoms with E-state index in [0.29, 0.717) is 11.3 Å². The summed E-state index contributed by atoms with van der Waals surface area (Å²) in [6, 6.07) is 14.3. The van der Waals surface area contributed by atoms with Crippen LogP contribution in [0.2, 0.25) is 0 Å². The van der Waals surface area contributed by atoms with Gasteiger partial charge in [0.15, 0.2) is 0 Å². The van der Waals surface area contributed by atoms with Gasteiger partial charge in [0.2, 0.25) is 0 Å². The van der Waals surface area contributed by atoms with E-state index in [4.69, 9.17) is 0 Å². The van der Waals surface area contributed by atoms with Gasteiger partial charge in [-0.25, -0.2) is 8.78 Å². The van der Waals surface area contributed by atoms with Crippen molar-refractivity contribution in [2.24, 2.45) is 0 Å². The van der Waals surface area contributed by atoms with E-state index in [1.165, 1.54) is 18.2 Å². The Hall–Kier alpha value is -2.41. The van der Waals surface area contributed by atoms with Crippen LogP contribution < -0.4 is 5.32 Å². The van der Waals surface area contributed by atoms with Gasteiger partial charge in [-0.15, -0.1) is 0 Å². The van der Waals surface area contributed by atoms with Crippen molar-refractivity contribution in [3.8, 4) is 6.07 Å². The Morgan fingerprint density at radius 3 is 2.55 bits per heavy atom. The monoisotopic (exact) mass is 272 g/mol. The number of hydrogen-bond donors (Lipinski definition) is 1. The van der Waals surface area contributed by atoms with Gasteiger partial charge in [-0.2, -0.15) is 5.26 Å². The van der Waals surface area contributed by atoms with E-state index in [1.807, 2.05) is 0 Å². The van der Waals surface area contributed by atoms with E-state index < -0.39 is 5.54 Å². The maximum Gasteiger partial charge on any atom is 0.126 e. The zero-order chi connectivity index (χ0) is 14.6. The van der Waals surface area contributed by atoms with Crippen LogP contribution in [0.15, 0.2) is 48.5 Å². The van der Waals surface area contributed by atoms with Crippen molar-refractivity contribution in [3.63, 3.8) is 0 Å². The van der Waals surface area contributed by atoms with Crippen LogP contribution in [0.5, 0.6) is 0 Å². The SMILES string of the molecule is CC(C#N)(Cc1ccccc1F)Nc1cccc(F)c1. The van der Waals surface area contributed by atoms with Crippen LogP contribution in [0.3, 0.4) is 0 Å². The van der Waals surface area contributed by atoms with Crippen molar-refractivity contribution in [2.45, 2.75) is 18.9 Å². The number of anilines is 1. The van der Waals surface area contributed by atoms with E-state index in [1.54, 1.807) is 37.3 Å². The molecule has 0 saturated carbocycles. The quantitative estimate of drug-likeness (QED) is 0.916. The Balaban J connectivity index is 2.22. The van der Waals surface area contributed by atoms with Gasteiger partial charge in [0.25, 0.3) is 0 Å². The first-order chi connectivity index (χ1) is 9.52. The zero-order valence-electron chi connectivity index (χ0n) is 11.0. The molecule has 0 radical (unpaired) electrons. The molecule has 102 valence electrons. The molecule has 0 aromatic heterocycles. The van der Waals surface area contributed by atoms with Gasteiger partial charge in [-0.1, -0.05) is 24.3 Å². The summed E-state index contributed by atoms with van der Waals surface area (Å²) >= 11 is 0. The molecule has 2 nitrogen and oxygen atoms in total. The topological polar surface area (TPSA) is 35.8 Å². The van der Waals surface area contributed by atoms with E-state index in [-0.39, 0.29) is 18.1 Å². The molecule has 0 aliphatic carbocycles. The first-order valence-corrected chi connectivity index (χ1v) is 6.21. The van der Waals surface area contributed by atoms with Crippen LogP contribution in [0.1, 0.15) is 12.5 Å². The molecule has 1 N–H and O–H groups in total. The van der Waals surface area contributed by atoms with Crippen LogP contribution >= 0.6 is 0 Å². The summed E-state index contributed by atoms with van der Waals surface area (Å²) in [6.45, 7) is 1.66. The highest BCUT2D eigenvalue weighted by molar-refractivity contribution is 5.48. The summed E-state index contributed by atoms with van der Waals surface area (Å²) in [5, 5.41) is 12.3. The van der Waals surface area contributed by atoms with Crippen LogP contribution in [0, 0.1) is 23.0 Å². The molecule has 0 aliphatic rings. The number of rotatable bonds is 4. The maximum atomic E-state index is 13.7. The summed E-state index contributed by atoms with van der Waals surface area (Å²) in [4.78, 5) is 0. The second-order valence-corrected chi connectivity index (χ2v) is 4.85. The predicted molar refractivity (Wildman–Crippen MR) is 74.1 cm³/mol. The van der Waals surface area contributed by atoms with Crippen LogP contribution in [0.25, 0.3) is 0 Å². The summed E-state index contributed by atoms with van der Waals surface area (Å²) in [5.41, 5.74) is -0.0819. The fourth-order valence-electron chi connectivity index (χ4n) is 2.02. The Bertz CT molecular complexity index is 649. The molecule has 20 heavy (non-hydrogen) atoms. The van der Waals surface area contributed by atoms with E-state index in [9.17, 15) is 14.0 Å². The molecule has 0 bridgehead atoms. The molecule has 4 heteroatoms. The average molecular weight is 272 g/mol. The highest BCUT2D eigenvalue weighted by Gasteiger charge is 2.25. The molecule has 2 aromatic carbocycles. The Labute approximate surface area is 116 Å². The summed E-state index contributed by atoms with van der Waals surface area (Å²) in [6.07, 6.45) is 0.187. The van der Waals surface area contributed by atoms with Gasteiger partial charge >= 0.3 is 0 Å². The van der Waals surface area contributed by atoms with Gasteiger partial charge in [0.1, 0.15) is 17.2 Å². The summed E-state index contributed by atoms with van der Waals surface area (Å²) in [7, 11) is 0. The van der Waals surface area contributed by atoms with Crippen molar-refractivity contribution < 1.29 is 8.78 Å². The van der Waals surface area contributed by atoms with E-state index >= 15 is 0 Å². The van der Waals surface area contributed by atoms with Crippen molar-refractivity contribution in [2.75, 3.05) is 5.32 Å². The molecular weight excluding hydrogens is 258 g/mol. The highest BCUT2D eigenvalue weighted by atomic mass is 19.1. The predicted octanol–water partition coefficient (Wildman–Crippen LogP) is 3.90. The Morgan fingerprint density at radius 1 is 1.15 bits per heavy atom. The number of benzene rings is 2. The van der Waals surface area contributed by atoms with Crippen LogP contribution in [-0.4, -0.2) is 5.54 Å². The number of halogens is 2. The fourth-order valence-corrected chi connectivity index (χ4v) is 2.02. The van der Waals surface area contributed by atoms with E-state index in [2.05, 4.69) is 11.4 Å². The molecule has 2 rings (SSSR count). The normalized spacial score (nSPS) is 13.3. The Kier molecular flexibility index (Phi) is 3.99. The molecular formula is C16H14F2N2. The first kappa shape index (κ1) is 14.0. The second kappa shape index (κ2) is 5.70. The summed E-state index contributed by atoms with van der Waals surface area (Å²) in [5.74, 6) is -0.740. The van der Waals surface area contributed by atoms with Gasteiger partial charge in [0, 0.05) is 12.1 Å². The number of nitriles is 1. The minimum atomic E-state index is -1.02. The lowest BCUT2D eigenvalue weighted by Crippen LogP contribution is -2.35. The molecule has 1 atom stereocenters. The molecule has 0 fully saturated rings. The third-order valence-corrected chi connectivity index (χ3v) is 2.99. The molecule has 0 amide bonds. The van der Waals surface area contributed by atoms with Crippen molar-refractivity contribution >= 4 is 5.69 Å². The lowest BCUT2D eigenvalue weighted by molar-refractivity contribution is 0.574. The molecule has 1 unspecified atom stereocenters. The minimum Gasteiger partial charge on any atom is -0.367 e. The lowest BCUT2D eigenvalue weighted by Gasteiger charge is -2.25. The first-order valence-electron chi connectivity index (χ1n) is 6.21. The second-order valence-electron chi connectivity index (χ2n) is 4.85. The third-order valence-electron chi connectivity index (χ3n) is 2.99. The molecule has 0 heterocycles. The van der Waals surface area contributed by atoms with Crippen molar-refractivity contribution in [1.82, 2.24) is 0 Å². The maximum absolute atomic E-state index is 13.7. The van der Waals surface area contributed by atoms with Crippen molar-refractivity contribution in [1.29, 1.82) is 5.26 Å². The smallest absolute Gasteiger partial charge is 0.126 e. The Morgan fingerprint density at radius 2 is 1.90 bits per heavy atom. The van der Waals surface area contributed by atoms with E-state index in [0.717, 1.165) is 0 Å². The number of hydrogen-bond acceptors (Lipinski definition) is 2. The van der Waals surface area contributed by atoms with Crippen LogP contribution in [-0.2, 0) is 6.42 Å². The third kappa shape index (κ3) is 3.33. The average Bonchev–Trinajstić information content (AvgIpc) is 2.41. The number of nitrogens with zero attached hydrogens (tertiary/aromatic N) is 1. The zero-order valence-corrected chi connectivity index (χ0v) is 11.0. The van der Waals surface area contributed by atoms with Gasteiger partial charge < -0.3 is 5.32 Å². The molecule has 0 aliphatic heterocycles. The van der Waals surface area contributed by atoms with Crippen LogP contribution in [0.4, 0.5) is 14.5 Å². The van der Waals surface area contributed by atoms with Gasteiger partial charge in [0.05, 0.1) is 6.07 Å². The minimum absolute atomic E-state index is 0.187. The largest absolute Gasteiger partial charge is 0.367 e. The fraction of sp³-hybridized carbons (Fsp3) is 0.188. The number of nitrogens with one attached hydrogen (secondary N) is 1. The standard InChI is InChI=1S/C16H14F2N2/c1-16(11-19,10-12-5-2-3-8-15(12)18)20-14-7-4-6-13(17)9-14/h2-9,20H,10H2,1H3. The molecule has 0 spiro atoms. The van der Waals surface area contributed by atoms with Crippen molar-refractivity contribution in [3.05, 3.63) is 65.7 Å². The highest BCUT2D eigenvalue weighted by Crippen LogP contribution is 2.21.